The van der Waals surface area contributed by atoms with Gasteiger partial charge in [0.2, 0.25) is 5.79 Å². The molecule has 0 saturated carbocycles. The van der Waals surface area contributed by atoms with Gasteiger partial charge in [0.1, 0.15) is 5.82 Å². The van der Waals surface area contributed by atoms with E-state index in [4.69, 9.17) is 10.5 Å². The van der Waals surface area contributed by atoms with Crippen molar-refractivity contribution in [2.24, 2.45) is 0 Å². The molecular weight excluding hydrogens is 241 g/mol. The molecule has 18 heavy (non-hydrogen) atoms. The van der Waals surface area contributed by atoms with Crippen LogP contribution in [0.1, 0.15) is 19.4 Å². The van der Waals surface area contributed by atoms with Crippen LogP contribution >= 0.6 is 0 Å². The largest absolute Gasteiger partial charge is 0.383 e. The Morgan fingerprint density at radius 3 is 3.11 bits per heavy atom. The van der Waals surface area contributed by atoms with Crippen molar-refractivity contribution in [2.45, 2.75) is 25.2 Å². The van der Waals surface area contributed by atoms with Crippen molar-refractivity contribution in [3.8, 4) is 0 Å². The lowest BCUT2D eigenvalue weighted by molar-refractivity contribution is -0.184. The number of aliphatic hydroxyl groups is 1. The normalized spacial score (nSPS) is 27.3. The summed E-state index contributed by atoms with van der Waals surface area (Å²) in [6.45, 7) is 1.81. The van der Waals surface area contributed by atoms with Crippen molar-refractivity contribution in [2.75, 3.05) is 12.3 Å². The maximum absolute atomic E-state index is 13.6. The molecule has 1 aromatic heterocycles. The second-order valence-electron chi connectivity index (χ2n) is 4.05. The van der Waals surface area contributed by atoms with E-state index in [1.165, 1.54) is 16.8 Å². The molecule has 98 valence electrons. The number of hydrogen-bond acceptors (Lipinski definition) is 5. The van der Waals surface area contributed by atoms with Crippen molar-refractivity contribution in [3.63, 3.8) is 0 Å². The van der Waals surface area contributed by atoms with Gasteiger partial charge in [-0.15, -0.1) is 0 Å². The minimum atomic E-state index is -1.96. The van der Waals surface area contributed by atoms with Gasteiger partial charge in [0.15, 0.2) is 5.83 Å². The van der Waals surface area contributed by atoms with Crippen molar-refractivity contribution >= 4 is 5.82 Å². The fraction of sp³-hybridized carbons (Fsp3) is 0.455. The molecule has 0 aliphatic heterocycles. The second kappa shape index (κ2) is 4.51. The molecule has 7 heteroatoms. The summed E-state index contributed by atoms with van der Waals surface area (Å²) in [6.07, 6.45) is 2.49. The van der Waals surface area contributed by atoms with Gasteiger partial charge in [-0.25, -0.2) is 9.18 Å². The predicted molar refractivity (Wildman–Crippen MR) is 62.3 cm³/mol. The third-order valence-electron chi connectivity index (χ3n) is 2.79. The van der Waals surface area contributed by atoms with Crippen LogP contribution in [-0.2, 0) is 4.74 Å². The number of allylic oxidation sites excluding steroid dienone is 1. The van der Waals surface area contributed by atoms with Gasteiger partial charge >= 0.3 is 5.69 Å². The van der Waals surface area contributed by atoms with E-state index < -0.39 is 23.3 Å². The van der Waals surface area contributed by atoms with Crippen LogP contribution in [0.15, 0.2) is 29.0 Å². The first kappa shape index (κ1) is 12.7. The molecule has 1 aromatic rings. The van der Waals surface area contributed by atoms with Crippen LogP contribution in [0.3, 0.4) is 0 Å². The van der Waals surface area contributed by atoms with Crippen LogP contribution in [0.4, 0.5) is 10.2 Å². The van der Waals surface area contributed by atoms with E-state index >= 15 is 0 Å². The van der Waals surface area contributed by atoms with Crippen molar-refractivity contribution in [1.29, 1.82) is 0 Å². The van der Waals surface area contributed by atoms with Gasteiger partial charge in [-0.3, -0.25) is 4.57 Å². The Hall–Kier alpha value is -1.73. The number of hydrogen-bond donors (Lipinski definition) is 2. The summed E-state index contributed by atoms with van der Waals surface area (Å²) in [5.41, 5.74) is 4.77. The van der Waals surface area contributed by atoms with Gasteiger partial charge in [-0.05, 0) is 19.1 Å². The number of nitrogens with two attached hydrogens (primary N) is 1. The lowest BCUT2D eigenvalue weighted by Crippen LogP contribution is -2.33. The molecule has 6 nitrogen and oxygen atoms in total. The van der Waals surface area contributed by atoms with E-state index in [1.54, 1.807) is 6.92 Å². The van der Waals surface area contributed by atoms with Crippen molar-refractivity contribution < 1.29 is 14.2 Å². The summed E-state index contributed by atoms with van der Waals surface area (Å²) in [5, 5.41) is 9.91. The van der Waals surface area contributed by atoms with E-state index in [-0.39, 0.29) is 18.8 Å². The topological polar surface area (TPSA) is 90.4 Å². The Morgan fingerprint density at radius 1 is 1.78 bits per heavy atom. The van der Waals surface area contributed by atoms with Crippen LogP contribution < -0.4 is 11.4 Å². The number of rotatable bonds is 3. The molecule has 0 saturated heterocycles. The standard InChI is InChI=1S/C11H14FN3O3/c1-2-18-11(17)6-7(5-8(11)12)15-4-3-9(13)14-10(15)16/h3-5,7,17H,2,6H2,1H3,(H2,13,14,16)/t7-,11-/m1/s1. The van der Waals surface area contributed by atoms with Crippen LogP contribution in [0.5, 0.6) is 0 Å². The summed E-state index contributed by atoms with van der Waals surface area (Å²) < 4.78 is 19.8. The third kappa shape index (κ3) is 2.14. The SMILES string of the molecule is CCO[C@]1(O)C[C@H](n2ccc(N)nc2=O)C=C1F. The first-order chi connectivity index (χ1) is 8.46. The molecule has 0 radical (unpaired) electrons. The average Bonchev–Trinajstić information content (AvgIpc) is 2.55. The molecule has 0 spiro atoms. The monoisotopic (exact) mass is 255 g/mol. The lowest BCUT2D eigenvalue weighted by Gasteiger charge is -2.23. The number of ether oxygens (including phenoxy) is 1. The Balaban J connectivity index is 2.31. The third-order valence-corrected chi connectivity index (χ3v) is 2.79. The quantitative estimate of drug-likeness (QED) is 0.760. The summed E-state index contributed by atoms with van der Waals surface area (Å²) in [6, 6.07) is 0.799. The van der Waals surface area contributed by atoms with E-state index in [0.717, 1.165) is 6.08 Å². The van der Waals surface area contributed by atoms with Crippen molar-refractivity contribution in [3.05, 3.63) is 34.7 Å². The maximum Gasteiger partial charge on any atom is 0.350 e. The summed E-state index contributed by atoms with van der Waals surface area (Å²) in [4.78, 5) is 15.1. The highest BCUT2D eigenvalue weighted by molar-refractivity contribution is 5.25. The van der Waals surface area contributed by atoms with Crippen LogP contribution in [0.2, 0.25) is 0 Å². The zero-order chi connectivity index (χ0) is 13.3. The Kier molecular flexibility index (Phi) is 3.18. The Labute approximate surface area is 103 Å². The fourth-order valence-corrected chi connectivity index (χ4v) is 1.96. The highest BCUT2D eigenvalue weighted by Crippen LogP contribution is 2.38. The Bertz CT molecular complexity index is 543. The van der Waals surface area contributed by atoms with Crippen LogP contribution in [0.25, 0.3) is 0 Å². The summed E-state index contributed by atoms with van der Waals surface area (Å²) in [5.74, 6) is -2.66. The van der Waals surface area contributed by atoms with Gasteiger partial charge in [0.05, 0.1) is 6.04 Å². The highest BCUT2D eigenvalue weighted by atomic mass is 19.1. The number of nitrogens with zero attached hydrogens (tertiary/aromatic N) is 2. The maximum atomic E-state index is 13.6. The fourth-order valence-electron chi connectivity index (χ4n) is 1.96. The molecule has 0 amide bonds. The van der Waals surface area contributed by atoms with E-state index in [1.807, 2.05) is 0 Å². The first-order valence-corrected chi connectivity index (χ1v) is 5.55. The zero-order valence-corrected chi connectivity index (χ0v) is 9.84. The average molecular weight is 255 g/mol. The van der Waals surface area contributed by atoms with Crippen LogP contribution in [-0.4, -0.2) is 27.1 Å². The molecule has 3 N–H and O–H groups in total. The van der Waals surface area contributed by atoms with Crippen LogP contribution in [0, 0.1) is 0 Å². The predicted octanol–water partition coefficient (Wildman–Crippen LogP) is 0.349. The van der Waals surface area contributed by atoms with E-state index in [0.29, 0.717) is 0 Å². The minimum Gasteiger partial charge on any atom is -0.383 e. The van der Waals surface area contributed by atoms with E-state index in [9.17, 15) is 14.3 Å². The Morgan fingerprint density at radius 2 is 2.50 bits per heavy atom. The zero-order valence-electron chi connectivity index (χ0n) is 9.84. The lowest BCUT2D eigenvalue weighted by atomic mass is 10.2. The van der Waals surface area contributed by atoms with Gasteiger partial charge in [0, 0.05) is 19.2 Å². The van der Waals surface area contributed by atoms with Gasteiger partial charge in [-0.1, -0.05) is 0 Å². The summed E-state index contributed by atoms with van der Waals surface area (Å²) >= 11 is 0. The minimum absolute atomic E-state index is 0.0713. The number of aromatic nitrogens is 2. The highest BCUT2D eigenvalue weighted by Gasteiger charge is 2.42. The molecule has 2 atom stereocenters. The number of nitrogen functional groups attached to an aromatic ring is 1. The van der Waals surface area contributed by atoms with E-state index in [2.05, 4.69) is 4.98 Å². The first-order valence-electron chi connectivity index (χ1n) is 5.55. The van der Waals surface area contributed by atoms with Gasteiger partial charge in [-0.2, -0.15) is 4.98 Å². The number of anilines is 1. The molecule has 0 unspecified atom stereocenters. The molecule has 0 bridgehead atoms. The molecular formula is C11H14FN3O3. The second-order valence-corrected chi connectivity index (χ2v) is 4.05. The summed E-state index contributed by atoms with van der Waals surface area (Å²) in [7, 11) is 0. The number of halogens is 1. The molecule has 0 fully saturated rings. The molecule has 2 rings (SSSR count). The van der Waals surface area contributed by atoms with Gasteiger partial charge in [0.25, 0.3) is 0 Å². The smallest absolute Gasteiger partial charge is 0.350 e. The molecule has 1 heterocycles. The molecule has 0 aromatic carbocycles. The molecule has 1 aliphatic rings. The molecule has 1 aliphatic carbocycles. The van der Waals surface area contributed by atoms with Crippen molar-refractivity contribution in [1.82, 2.24) is 9.55 Å². The van der Waals surface area contributed by atoms with Gasteiger partial charge < -0.3 is 15.6 Å².